The van der Waals surface area contributed by atoms with Crippen LogP contribution in [0.15, 0.2) is 48.1 Å². The van der Waals surface area contributed by atoms with Crippen LogP contribution in [0.2, 0.25) is 0 Å². The van der Waals surface area contributed by atoms with Crippen LogP contribution in [0, 0.1) is 29.1 Å². The van der Waals surface area contributed by atoms with Gasteiger partial charge < -0.3 is 14.7 Å². The quantitative estimate of drug-likeness (QED) is 0.407. The summed E-state index contributed by atoms with van der Waals surface area (Å²) in [4.78, 5) is 26.4. The summed E-state index contributed by atoms with van der Waals surface area (Å²) >= 11 is 0. The predicted octanol–water partition coefficient (Wildman–Crippen LogP) is 4.01. The molecule has 0 radical (unpaired) electrons. The van der Waals surface area contributed by atoms with Gasteiger partial charge in [0.1, 0.15) is 12.0 Å². The van der Waals surface area contributed by atoms with Crippen LogP contribution in [0.5, 0.6) is 5.75 Å². The molecule has 3 rings (SSSR count). The van der Waals surface area contributed by atoms with Gasteiger partial charge >= 0.3 is 0 Å². The molecule has 31 heavy (non-hydrogen) atoms. The van der Waals surface area contributed by atoms with Gasteiger partial charge in [-0.3, -0.25) is 9.59 Å². The highest BCUT2D eigenvalue weighted by atomic mass is 16.5. The summed E-state index contributed by atoms with van der Waals surface area (Å²) in [7, 11) is 1.63. The van der Waals surface area contributed by atoms with Crippen LogP contribution in [0.4, 0.5) is 0 Å². The number of carbonyl (C=O) groups excluding carboxylic acids is 2. The van der Waals surface area contributed by atoms with Crippen molar-refractivity contribution in [1.29, 1.82) is 0 Å². The van der Waals surface area contributed by atoms with Gasteiger partial charge in [0.2, 0.25) is 5.91 Å². The number of aliphatic hydroxyl groups is 1. The first-order chi connectivity index (χ1) is 14.7. The van der Waals surface area contributed by atoms with E-state index in [0.717, 1.165) is 17.6 Å². The fourth-order valence-corrected chi connectivity index (χ4v) is 5.71. The molecule has 5 heteroatoms. The van der Waals surface area contributed by atoms with E-state index in [-0.39, 0.29) is 17.7 Å². The second-order valence-electron chi connectivity index (χ2n) is 9.64. The Labute approximate surface area is 185 Å². The number of aliphatic hydroxyl groups excluding tert-OH is 1. The van der Waals surface area contributed by atoms with Gasteiger partial charge in [0.25, 0.3) is 0 Å². The van der Waals surface area contributed by atoms with E-state index in [9.17, 15) is 14.7 Å². The lowest BCUT2D eigenvalue weighted by atomic mass is 9.56. The lowest BCUT2D eigenvalue weighted by Crippen LogP contribution is -2.50. The Morgan fingerprint density at radius 3 is 2.58 bits per heavy atom. The largest absolute Gasteiger partial charge is 0.497 e. The number of hydrogen-bond donors (Lipinski definition) is 1. The van der Waals surface area contributed by atoms with Gasteiger partial charge in [-0.25, -0.2) is 0 Å². The first kappa shape index (κ1) is 23.3. The second kappa shape index (κ2) is 9.39. The number of likely N-dealkylation sites (tertiary alicyclic amines) is 1. The first-order valence-corrected chi connectivity index (χ1v) is 11.1. The van der Waals surface area contributed by atoms with Crippen LogP contribution in [-0.2, 0) is 16.1 Å². The number of ether oxygens (including phenoxy) is 1. The molecule has 1 saturated heterocycles. The number of carbonyl (C=O) groups is 2. The van der Waals surface area contributed by atoms with Crippen LogP contribution >= 0.6 is 0 Å². The number of fused-ring (bicyclic) bond motifs is 1. The van der Waals surface area contributed by atoms with Crippen LogP contribution in [0.3, 0.4) is 0 Å². The van der Waals surface area contributed by atoms with Crippen molar-refractivity contribution in [3.05, 3.63) is 53.6 Å². The van der Waals surface area contributed by atoms with Crippen molar-refractivity contribution in [2.75, 3.05) is 13.7 Å². The van der Waals surface area contributed by atoms with E-state index in [4.69, 9.17) is 4.74 Å². The van der Waals surface area contributed by atoms with Crippen LogP contribution < -0.4 is 4.74 Å². The van der Waals surface area contributed by atoms with Gasteiger partial charge in [-0.15, -0.1) is 0 Å². The first-order valence-electron chi connectivity index (χ1n) is 11.1. The zero-order valence-electron chi connectivity index (χ0n) is 19.2. The van der Waals surface area contributed by atoms with Crippen molar-refractivity contribution in [2.24, 2.45) is 29.1 Å². The van der Waals surface area contributed by atoms with Crippen LogP contribution in [0.25, 0.3) is 0 Å². The topological polar surface area (TPSA) is 66.8 Å². The smallest absolute Gasteiger partial charge is 0.229 e. The molecule has 1 aliphatic carbocycles. The Morgan fingerprint density at radius 2 is 2.00 bits per heavy atom. The minimum Gasteiger partial charge on any atom is -0.497 e. The van der Waals surface area contributed by atoms with Crippen molar-refractivity contribution < 1.29 is 19.4 Å². The minimum atomic E-state index is -0.695. The highest BCUT2D eigenvalue weighted by molar-refractivity contribution is 5.83. The molecule has 1 aromatic carbocycles. The Morgan fingerprint density at radius 1 is 1.32 bits per heavy atom. The summed E-state index contributed by atoms with van der Waals surface area (Å²) in [5.41, 5.74) is 1.80. The highest BCUT2D eigenvalue weighted by Crippen LogP contribution is 2.55. The second-order valence-corrected chi connectivity index (χ2v) is 9.64. The number of rotatable bonds is 7. The summed E-state index contributed by atoms with van der Waals surface area (Å²) < 4.78 is 5.23. The number of methoxy groups -OCH3 is 1. The Balaban J connectivity index is 1.93. The van der Waals surface area contributed by atoms with E-state index in [1.165, 1.54) is 5.57 Å². The summed E-state index contributed by atoms with van der Waals surface area (Å²) in [6, 6.07) is 7.72. The maximum absolute atomic E-state index is 13.4. The molecule has 1 aliphatic heterocycles. The van der Waals surface area contributed by atoms with Crippen molar-refractivity contribution in [3.63, 3.8) is 0 Å². The predicted molar refractivity (Wildman–Crippen MR) is 121 cm³/mol. The molecule has 0 bridgehead atoms. The van der Waals surface area contributed by atoms with E-state index in [2.05, 4.69) is 33.8 Å². The van der Waals surface area contributed by atoms with E-state index in [1.54, 1.807) is 13.2 Å². The fourth-order valence-electron chi connectivity index (χ4n) is 5.71. The molecule has 2 fully saturated rings. The maximum Gasteiger partial charge on any atom is 0.229 e. The van der Waals surface area contributed by atoms with Gasteiger partial charge in [0.05, 0.1) is 19.1 Å². The molecule has 0 aromatic heterocycles. The molecule has 1 N–H and O–H groups in total. The van der Waals surface area contributed by atoms with Crippen molar-refractivity contribution in [1.82, 2.24) is 4.90 Å². The standard InChI is InChI=1S/C26H35NO4/c1-17(2)13-18(3)21-14-23(29)24-25(30)27(15-19-8-10-20(31-5)11-9-19)16-26(24,4)22(21)7-6-12-28/h6-13,17,21-24,29H,14-16H2,1-5H3/b7-6+,18-13+/t21-,22-,23-,24-,26-/m1/s1. The summed E-state index contributed by atoms with van der Waals surface area (Å²) in [6.07, 6.45) is 6.38. The number of aldehydes is 1. The third kappa shape index (κ3) is 4.62. The van der Waals surface area contributed by atoms with E-state index in [0.29, 0.717) is 25.4 Å². The van der Waals surface area contributed by atoms with Gasteiger partial charge in [0.15, 0.2) is 0 Å². The zero-order valence-corrected chi connectivity index (χ0v) is 19.2. The van der Waals surface area contributed by atoms with Gasteiger partial charge in [0, 0.05) is 18.5 Å². The molecule has 5 nitrogen and oxygen atoms in total. The molecule has 2 aliphatic rings. The molecular formula is C26H35NO4. The number of hydrogen-bond acceptors (Lipinski definition) is 4. The molecule has 1 amide bonds. The Bertz CT molecular complexity index is 857. The molecule has 168 valence electrons. The summed E-state index contributed by atoms with van der Waals surface area (Å²) in [6.45, 7) is 9.53. The van der Waals surface area contributed by atoms with Gasteiger partial charge in [-0.05, 0) is 54.9 Å². The zero-order chi connectivity index (χ0) is 22.8. The monoisotopic (exact) mass is 425 g/mol. The fraction of sp³-hybridized carbons (Fsp3) is 0.538. The number of nitrogens with zero attached hydrogens (tertiary/aromatic N) is 1. The van der Waals surface area contributed by atoms with Crippen molar-refractivity contribution in [3.8, 4) is 5.75 Å². The van der Waals surface area contributed by atoms with Gasteiger partial charge in [-0.2, -0.15) is 0 Å². The van der Waals surface area contributed by atoms with E-state index >= 15 is 0 Å². The van der Waals surface area contributed by atoms with Gasteiger partial charge in [-0.1, -0.05) is 50.6 Å². The van der Waals surface area contributed by atoms with Crippen molar-refractivity contribution >= 4 is 12.2 Å². The summed E-state index contributed by atoms with van der Waals surface area (Å²) in [5.74, 6) is 0.820. The summed E-state index contributed by atoms with van der Waals surface area (Å²) in [5, 5.41) is 11.1. The number of amides is 1. The molecule has 0 spiro atoms. The highest BCUT2D eigenvalue weighted by Gasteiger charge is 2.60. The minimum absolute atomic E-state index is 0.000682. The Kier molecular flexibility index (Phi) is 7.05. The third-order valence-electron chi connectivity index (χ3n) is 7.01. The third-order valence-corrected chi connectivity index (χ3v) is 7.01. The van der Waals surface area contributed by atoms with E-state index in [1.807, 2.05) is 35.2 Å². The lowest BCUT2D eigenvalue weighted by Gasteiger charge is -2.48. The molecule has 5 atom stereocenters. The average molecular weight is 426 g/mol. The molecule has 0 unspecified atom stereocenters. The molecular weight excluding hydrogens is 390 g/mol. The van der Waals surface area contributed by atoms with E-state index < -0.39 is 17.4 Å². The molecule has 1 saturated carbocycles. The SMILES string of the molecule is COc1ccc(CN2C[C@]3(C)[C@H](/C=C/C=O)[C@@H](/C(C)=C/C(C)C)C[C@@H](O)[C@@H]3C2=O)cc1. The van der Waals surface area contributed by atoms with Crippen molar-refractivity contribution in [2.45, 2.75) is 46.8 Å². The molecule has 1 heterocycles. The normalized spacial score (nSPS) is 31.4. The lowest BCUT2D eigenvalue weighted by molar-refractivity contribution is -0.139. The molecule has 1 aromatic rings. The number of allylic oxidation sites excluding steroid dienone is 4. The maximum atomic E-state index is 13.4. The number of benzene rings is 1. The van der Waals surface area contributed by atoms with Crippen LogP contribution in [-0.4, -0.2) is 42.0 Å². The average Bonchev–Trinajstić information content (AvgIpc) is 2.98. The Hall–Kier alpha value is -2.40. The van der Waals surface area contributed by atoms with Crippen LogP contribution in [0.1, 0.15) is 39.7 Å².